The number of benzene rings is 1. The van der Waals surface area contributed by atoms with Crippen molar-refractivity contribution in [3.63, 3.8) is 0 Å². The number of nitrogens with zero attached hydrogens (tertiary/aromatic N) is 1. The van der Waals surface area contributed by atoms with Gasteiger partial charge in [-0.1, -0.05) is 0 Å². The lowest BCUT2D eigenvalue weighted by Crippen LogP contribution is -2.45. The lowest BCUT2D eigenvalue weighted by atomic mass is 9.98. The second-order valence-corrected chi connectivity index (χ2v) is 5.91. The summed E-state index contributed by atoms with van der Waals surface area (Å²) in [5.41, 5.74) is 1.84. The molecule has 22 heavy (non-hydrogen) atoms. The van der Waals surface area contributed by atoms with Gasteiger partial charge in [-0.05, 0) is 40.6 Å². The molecule has 0 aliphatic carbocycles. The predicted octanol–water partition coefficient (Wildman–Crippen LogP) is 3.31. The van der Waals surface area contributed by atoms with Gasteiger partial charge in [0.2, 0.25) is 0 Å². The molecule has 1 atom stereocenters. The van der Waals surface area contributed by atoms with Crippen LogP contribution in [0.5, 0.6) is 5.75 Å². The molecule has 1 aromatic carbocycles. The van der Waals surface area contributed by atoms with Crippen LogP contribution in [-0.4, -0.2) is 38.2 Å². The van der Waals surface area contributed by atoms with E-state index in [1.165, 1.54) is 6.07 Å². The Labute approximate surface area is 140 Å². The number of piperazine rings is 1. The molecule has 1 N–H and O–H groups in total. The highest BCUT2D eigenvalue weighted by Crippen LogP contribution is 2.33. The van der Waals surface area contributed by atoms with Crippen molar-refractivity contribution < 1.29 is 9.13 Å². The van der Waals surface area contributed by atoms with Crippen molar-refractivity contribution in [3.8, 4) is 5.75 Å². The maximum absolute atomic E-state index is 14.4. The van der Waals surface area contributed by atoms with Gasteiger partial charge in [0.05, 0.1) is 13.2 Å². The Hall–Kier alpha value is -1.14. The van der Waals surface area contributed by atoms with Gasteiger partial charge in [0, 0.05) is 31.7 Å². The number of thiophene rings is 1. The molecule has 3 rings (SSSR count). The van der Waals surface area contributed by atoms with Gasteiger partial charge in [-0.25, -0.2) is 4.39 Å². The number of halogens is 2. The minimum Gasteiger partial charge on any atom is -0.497 e. The monoisotopic (exact) mass is 342 g/mol. The van der Waals surface area contributed by atoms with E-state index in [-0.39, 0.29) is 24.3 Å². The number of ether oxygens (including phenoxy) is 1. The van der Waals surface area contributed by atoms with E-state index in [4.69, 9.17) is 4.74 Å². The second-order valence-electron chi connectivity index (χ2n) is 5.13. The van der Waals surface area contributed by atoms with Gasteiger partial charge in [0.25, 0.3) is 0 Å². The van der Waals surface area contributed by atoms with Gasteiger partial charge in [0.15, 0.2) is 0 Å². The first-order chi connectivity index (χ1) is 10.3. The summed E-state index contributed by atoms with van der Waals surface area (Å²) < 4.78 is 19.7. The number of hydrogen-bond acceptors (Lipinski definition) is 4. The van der Waals surface area contributed by atoms with Gasteiger partial charge in [-0.2, -0.15) is 11.3 Å². The molecule has 1 fully saturated rings. The highest BCUT2D eigenvalue weighted by Gasteiger charge is 2.26. The molecule has 0 saturated carbocycles. The Kier molecular flexibility index (Phi) is 6.20. The van der Waals surface area contributed by atoms with Crippen LogP contribution in [0, 0.1) is 5.82 Å². The Morgan fingerprint density at radius 2 is 2.05 bits per heavy atom. The van der Waals surface area contributed by atoms with Crippen LogP contribution >= 0.6 is 23.7 Å². The van der Waals surface area contributed by atoms with Crippen molar-refractivity contribution >= 4 is 23.7 Å². The van der Waals surface area contributed by atoms with E-state index in [0.717, 1.165) is 31.7 Å². The zero-order chi connectivity index (χ0) is 14.7. The molecule has 2 aromatic rings. The summed E-state index contributed by atoms with van der Waals surface area (Å²) in [6, 6.07) is 7.01. The molecule has 120 valence electrons. The minimum absolute atomic E-state index is 0. The molecule has 1 saturated heterocycles. The summed E-state index contributed by atoms with van der Waals surface area (Å²) in [6.07, 6.45) is 0. The van der Waals surface area contributed by atoms with Gasteiger partial charge < -0.3 is 10.1 Å². The average Bonchev–Trinajstić information content (AvgIpc) is 3.04. The van der Waals surface area contributed by atoms with Crippen LogP contribution in [0.3, 0.4) is 0 Å². The molecule has 1 aliphatic heterocycles. The summed E-state index contributed by atoms with van der Waals surface area (Å²) >= 11 is 1.65. The third kappa shape index (κ3) is 3.60. The van der Waals surface area contributed by atoms with Crippen molar-refractivity contribution in [2.24, 2.45) is 0 Å². The van der Waals surface area contributed by atoms with E-state index in [9.17, 15) is 4.39 Å². The first-order valence-corrected chi connectivity index (χ1v) is 8.04. The molecule has 2 heterocycles. The van der Waals surface area contributed by atoms with Crippen LogP contribution in [-0.2, 0) is 0 Å². The second kappa shape index (κ2) is 7.92. The topological polar surface area (TPSA) is 24.5 Å². The molecule has 1 aromatic heterocycles. The van der Waals surface area contributed by atoms with E-state index in [2.05, 4.69) is 21.7 Å². The van der Waals surface area contributed by atoms with Crippen LogP contribution < -0.4 is 10.1 Å². The lowest BCUT2D eigenvalue weighted by molar-refractivity contribution is 0.195. The molecule has 0 radical (unpaired) electrons. The van der Waals surface area contributed by atoms with Gasteiger partial charge in [-0.15, -0.1) is 12.4 Å². The molecule has 0 amide bonds. The molecule has 0 unspecified atom stereocenters. The van der Waals surface area contributed by atoms with Crippen molar-refractivity contribution in [1.29, 1.82) is 0 Å². The summed E-state index contributed by atoms with van der Waals surface area (Å²) in [7, 11) is 1.61. The number of nitrogens with one attached hydrogen (secondary N) is 1. The van der Waals surface area contributed by atoms with Crippen LogP contribution in [0.15, 0.2) is 35.0 Å². The highest BCUT2D eigenvalue weighted by atomic mass is 35.5. The lowest BCUT2D eigenvalue weighted by Gasteiger charge is -2.35. The molecular weight excluding hydrogens is 323 g/mol. The molecular formula is C16H20ClFN2OS. The van der Waals surface area contributed by atoms with Crippen molar-refractivity contribution in [2.45, 2.75) is 6.04 Å². The van der Waals surface area contributed by atoms with E-state index >= 15 is 0 Å². The fourth-order valence-corrected chi connectivity index (χ4v) is 3.50. The van der Waals surface area contributed by atoms with E-state index < -0.39 is 0 Å². The molecule has 6 heteroatoms. The average molecular weight is 343 g/mol. The summed E-state index contributed by atoms with van der Waals surface area (Å²) in [4.78, 5) is 2.33. The van der Waals surface area contributed by atoms with Crippen molar-refractivity contribution in [3.05, 3.63) is 52.0 Å². The molecule has 3 nitrogen and oxygen atoms in total. The van der Waals surface area contributed by atoms with E-state index in [0.29, 0.717) is 11.3 Å². The van der Waals surface area contributed by atoms with Crippen LogP contribution in [0.1, 0.15) is 17.2 Å². The first-order valence-electron chi connectivity index (χ1n) is 7.10. The van der Waals surface area contributed by atoms with Crippen LogP contribution in [0.4, 0.5) is 4.39 Å². The Balaban J connectivity index is 0.00000176. The Morgan fingerprint density at radius 3 is 2.68 bits per heavy atom. The fourth-order valence-electron chi connectivity index (χ4n) is 2.82. The van der Waals surface area contributed by atoms with Crippen LogP contribution in [0.2, 0.25) is 0 Å². The van der Waals surface area contributed by atoms with Crippen molar-refractivity contribution in [2.75, 3.05) is 33.3 Å². The highest BCUT2D eigenvalue weighted by molar-refractivity contribution is 7.08. The Morgan fingerprint density at radius 1 is 1.27 bits per heavy atom. The van der Waals surface area contributed by atoms with Gasteiger partial charge in [-0.3, -0.25) is 4.90 Å². The summed E-state index contributed by atoms with van der Waals surface area (Å²) in [6.45, 7) is 3.70. The smallest absolute Gasteiger partial charge is 0.128 e. The third-order valence-electron chi connectivity index (χ3n) is 3.87. The fraction of sp³-hybridized carbons (Fsp3) is 0.375. The van der Waals surface area contributed by atoms with Crippen molar-refractivity contribution in [1.82, 2.24) is 10.2 Å². The minimum atomic E-state index is -0.175. The normalized spacial score (nSPS) is 16.8. The molecule has 0 spiro atoms. The zero-order valence-electron chi connectivity index (χ0n) is 12.4. The standard InChI is InChI=1S/C16H19FN2OS.ClH/c1-20-13-2-3-15(17)14(10-13)16(12-4-9-21-11-12)19-7-5-18-6-8-19;/h2-4,9-11,16,18H,5-8H2,1H3;1H/t16-;/m0./s1. The number of hydrogen-bond donors (Lipinski definition) is 1. The SMILES string of the molecule is COc1ccc(F)c([C@H](c2ccsc2)N2CCNCC2)c1.Cl. The summed E-state index contributed by atoms with van der Waals surface area (Å²) in [5.74, 6) is 0.521. The Bertz CT molecular complexity index is 588. The molecule has 1 aliphatic rings. The quantitative estimate of drug-likeness (QED) is 0.922. The summed E-state index contributed by atoms with van der Waals surface area (Å²) in [5, 5.41) is 7.49. The number of methoxy groups -OCH3 is 1. The first kappa shape index (κ1) is 17.2. The van der Waals surface area contributed by atoms with Gasteiger partial charge >= 0.3 is 0 Å². The number of rotatable bonds is 4. The van der Waals surface area contributed by atoms with Crippen LogP contribution in [0.25, 0.3) is 0 Å². The maximum atomic E-state index is 14.4. The van der Waals surface area contributed by atoms with E-state index in [1.807, 2.05) is 11.4 Å². The predicted molar refractivity (Wildman–Crippen MR) is 90.8 cm³/mol. The zero-order valence-corrected chi connectivity index (χ0v) is 14.1. The maximum Gasteiger partial charge on any atom is 0.128 e. The molecule has 0 bridgehead atoms. The largest absolute Gasteiger partial charge is 0.497 e. The van der Waals surface area contributed by atoms with Gasteiger partial charge in [0.1, 0.15) is 11.6 Å². The third-order valence-corrected chi connectivity index (χ3v) is 4.57. The van der Waals surface area contributed by atoms with E-state index in [1.54, 1.807) is 24.5 Å².